The number of anilines is 1. The van der Waals surface area contributed by atoms with Gasteiger partial charge in [-0.05, 0) is 49.2 Å². The molecule has 0 radical (unpaired) electrons. The van der Waals surface area contributed by atoms with Gasteiger partial charge in [-0.3, -0.25) is 9.59 Å². The summed E-state index contributed by atoms with van der Waals surface area (Å²) in [6, 6.07) is 10.3. The number of fused-ring (bicyclic) bond motifs is 2. The van der Waals surface area contributed by atoms with E-state index in [1.807, 2.05) is 0 Å². The molecule has 0 unspecified atom stereocenters. The third-order valence-electron chi connectivity index (χ3n) is 4.56. The lowest BCUT2D eigenvalue weighted by atomic mass is 9.97. The number of amides is 1. The zero-order valence-electron chi connectivity index (χ0n) is 15.1. The second-order valence-electron chi connectivity index (χ2n) is 6.60. The molecule has 28 heavy (non-hydrogen) atoms. The number of carbonyl (C=O) groups excluding carboxylic acids is 2. The van der Waals surface area contributed by atoms with Crippen LogP contribution in [-0.2, 0) is 20.7 Å². The molecule has 2 heterocycles. The average molecular weight is 404 g/mol. The van der Waals surface area contributed by atoms with E-state index in [1.165, 1.54) is 6.92 Å². The molecule has 0 fully saturated rings. The summed E-state index contributed by atoms with van der Waals surface area (Å²) < 4.78 is 21.5. The van der Waals surface area contributed by atoms with Gasteiger partial charge in [0.1, 0.15) is 12.4 Å². The molecule has 0 saturated heterocycles. The molecule has 2 aromatic carbocycles. The Kier molecular flexibility index (Phi) is 5.00. The van der Waals surface area contributed by atoms with Gasteiger partial charge in [0.2, 0.25) is 6.79 Å². The zero-order valence-corrected chi connectivity index (χ0v) is 15.8. The summed E-state index contributed by atoms with van der Waals surface area (Å²) in [5.41, 5.74) is 1.37. The van der Waals surface area contributed by atoms with Crippen molar-refractivity contribution < 1.29 is 28.5 Å². The van der Waals surface area contributed by atoms with E-state index in [-0.39, 0.29) is 13.4 Å². The maximum absolute atomic E-state index is 12.5. The Labute approximate surface area is 166 Å². The average Bonchev–Trinajstić information content (AvgIpc) is 3.15. The SMILES string of the molecule is C[C@H](OC(=O)[C@@H]1COc2ccc(Cl)cc2C1)C(=O)Nc1ccc2c(c1)OCO2. The van der Waals surface area contributed by atoms with Crippen molar-refractivity contribution >= 4 is 29.2 Å². The molecule has 0 bridgehead atoms. The lowest BCUT2D eigenvalue weighted by Gasteiger charge is -2.25. The molecule has 2 aliphatic rings. The van der Waals surface area contributed by atoms with Crippen LogP contribution in [0.2, 0.25) is 5.02 Å². The van der Waals surface area contributed by atoms with Crippen molar-refractivity contribution in [1.29, 1.82) is 0 Å². The van der Waals surface area contributed by atoms with E-state index >= 15 is 0 Å². The van der Waals surface area contributed by atoms with Gasteiger partial charge in [-0.2, -0.15) is 0 Å². The largest absolute Gasteiger partial charge is 0.492 e. The first-order chi connectivity index (χ1) is 13.5. The molecule has 7 nitrogen and oxygen atoms in total. The number of hydrogen-bond donors (Lipinski definition) is 1. The fourth-order valence-corrected chi connectivity index (χ4v) is 3.25. The highest BCUT2D eigenvalue weighted by atomic mass is 35.5. The number of rotatable bonds is 4. The Hall–Kier alpha value is -2.93. The van der Waals surface area contributed by atoms with Crippen molar-refractivity contribution in [2.45, 2.75) is 19.4 Å². The highest BCUT2D eigenvalue weighted by Gasteiger charge is 2.30. The molecule has 2 aliphatic heterocycles. The standard InChI is InChI=1S/C20H18ClNO6/c1-11(19(23)22-15-3-5-17-18(8-15)27-10-26-17)28-20(24)13-6-12-7-14(21)2-4-16(12)25-9-13/h2-5,7-8,11,13H,6,9-10H2,1H3,(H,22,23)/t11-,13-/m0/s1. The van der Waals surface area contributed by atoms with Crippen molar-refractivity contribution in [2.75, 3.05) is 18.7 Å². The molecule has 0 aromatic heterocycles. The lowest BCUT2D eigenvalue weighted by Crippen LogP contribution is -2.36. The summed E-state index contributed by atoms with van der Waals surface area (Å²) in [6.45, 7) is 1.87. The fourth-order valence-electron chi connectivity index (χ4n) is 3.06. The van der Waals surface area contributed by atoms with Gasteiger partial charge in [0.25, 0.3) is 5.91 Å². The van der Waals surface area contributed by atoms with Crippen LogP contribution < -0.4 is 19.5 Å². The molecular weight excluding hydrogens is 386 g/mol. The highest BCUT2D eigenvalue weighted by Crippen LogP contribution is 2.34. The fraction of sp³-hybridized carbons (Fsp3) is 0.300. The third kappa shape index (κ3) is 3.84. The number of carbonyl (C=O) groups is 2. The minimum absolute atomic E-state index is 0.151. The number of halogens is 1. The van der Waals surface area contributed by atoms with Crippen molar-refractivity contribution in [1.82, 2.24) is 0 Å². The van der Waals surface area contributed by atoms with Crippen LogP contribution >= 0.6 is 11.6 Å². The minimum Gasteiger partial charge on any atom is -0.492 e. The maximum atomic E-state index is 12.5. The Morgan fingerprint density at radius 1 is 1.11 bits per heavy atom. The molecule has 4 rings (SSSR count). The van der Waals surface area contributed by atoms with Crippen LogP contribution in [0.3, 0.4) is 0 Å². The Bertz CT molecular complexity index is 931. The van der Waals surface area contributed by atoms with Crippen LogP contribution in [0.15, 0.2) is 36.4 Å². The van der Waals surface area contributed by atoms with Gasteiger partial charge in [0.05, 0.1) is 5.92 Å². The minimum atomic E-state index is -0.960. The van der Waals surface area contributed by atoms with Gasteiger partial charge in [-0.1, -0.05) is 11.6 Å². The Morgan fingerprint density at radius 2 is 1.89 bits per heavy atom. The van der Waals surface area contributed by atoms with E-state index in [9.17, 15) is 9.59 Å². The van der Waals surface area contributed by atoms with E-state index in [0.717, 1.165) is 5.56 Å². The molecule has 0 spiro atoms. The van der Waals surface area contributed by atoms with E-state index in [0.29, 0.717) is 34.4 Å². The predicted octanol–water partition coefficient (Wildman–Crippen LogP) is 3.19. The molecular formula is C20H18ClNO6. The zero-order chi connectivity index (χ0) is 19.7. The predicted molar refractivity (Wildman–Crippen MR) is 101 cm³/mol. The molecule has 8 heteroatoms. The van der Waals surface area contributed by atoms with Crippen LogP contribution in [-0.4, -0.2) is 31.4 Å². The summed E-state index contributed by atoms with van der Waals surface area (Å²) in [5.74, 6) is 0.467. The smallest absolute Gasteiger partial charge is 0.313 e. The second kappa shape index (κ2) is 7.59. The lowest BCUT2D eigenvalue weighted by molar-refractivity contribution is -0.158. The van der Waals surface area contributed by atoms with Gasteiger partial charge in [-0.15, -0.1) is 0 Å². The molecule has 146 valence electrons. The quantitative estimate of drug-likeness (QED) is 0.789. The number of nitrogens with one attached hydrogen (secondary N) is 1. The third-order valence-corrected chi connectivity index (χ3v) is 4.80. The maximum Gasteiger partial charge on any atom is 0.313 e. The molecule has 0 aliphatic carbocycles. The topological polar surface area (TPSA) is 83.1 Å². The summed E-state index contributed by atoms with van der Waals surface area (Å²) in [6.07, 6.45) is -0.510. The summed E-state index contributed by atoms with van der Waals surface area (Å²) in [7, 11) is 0. The van der Waals surface area contributed by atoms with Crippen LogP contribution in [0, 0.1) is 5.92 Å². The van der Waals surface area contributed by atoms with Crippen molar-refractivity contribution in [3.05, 3.63) is 47.0 Å². The monoisotopic (exact) mass is 403 g/mol. The van der Waals surface area contributed by atoms with Gasteiger partial charge in [0.15, 0.2) is 17.6 Å². The first kappa shape index (κ1) is 18.4. The number of hydrogen-bond acceptors (Lipinski definition) is 6. The normalized spacial score (nSPS) is 17.9. The van der Waals surface area contributed by atoms with Crippen molar-refractivity contribution in [3.8, 4) is 17.2 Å². The van der Waals surface area contributed by atoms with E-state index < -0.39 is 23.9 Å². The van der Waals surface area contributed by atoms with E-state index in [2.05, 4.69) is 5.32 Å². The van der Waals surface area contributed by atoms with E-state index in [4.69, 9.17) is 30.5 Å². The summed E-state index contributed by atoms with van der Waals surface area (Å²) in [5, 5.41) is 3.28. The summed E-state index contributed by atoms with van der Waals surface area (Å²) >= 11 is 6.00. The summed E-state index contributed by atoms with van der Waals surface area (Å²) in [4.78, 5) is 24.8. The van der Waals surface area contributed by atoms with Gasteiger partial charge >= 0.3 is 5.97 Å². The molecule has 0 saturated carbocycles. The number of benzene rings is 2. The molecule has 1 amide bonds. The second-order valence-corrected chi connectivity index (χ2v) is 7.04. The highest BCUT2D eigenvalue weighted by molar-refractivity contribution is 6.30. The Balaban J connectivity index is 1.34. The van der Waals surface area contributed by atoms with Gasteiger partial charge in [0, 0.05) is 16.8 Å². The molecule has 2 atom stereocenters. The van der Waals surface area contributed by atoms with Crippen LogP contribution in [0.25, 0.3) is 0 Å². The van der Waals surface area contributed by atoms with Crippen molar-refractivity contribution in [3.63, 3.8) is 0 Å². The molecule has 2 aromatic rings. The van der Waals surface area contributed by atoms with Gasteiger partial charge in [-0.25, -0.2) is 0 Å². The van der Waals surface area contributed by atoms with Crippen LogP contribution in [0.5, 0.6) is 17.2 Å². The first-order valence-corrected chi connectivity index (χ1v) is 9.19. The Morgan fingerprint density at radius 3 is 2.75 bits per heavy atom. The first-order valence-electron chi connectivity index (χ1n) is 8.82. The van der Waals surface area contributed by atoms with Crippen LogP contribution in [0.4, 0.5) is 5.69 Å². The van der Waals surface area contributed by atoms with Crippen molar-refractivity contribution in [2.24, 2.45) is 5.92 Å². The van der Waals surface area contributed by atoms with Crippen LogP contribution in [0.1, 0.15) is 12.5 Å². The molecule has 1 N–H and O–H groups in total. The van der Waals surface area contributed by atoms with Gasteiger partial charge < -0.3 is 24.3 Å². The number of ether oxygens (including phenoxy) is 4. The number of esters is 1. The van der Waals surface area contributed by atoms with E-state index in [1.54, 1.807) is 36.4 Å².